The van der Waals surface area contributed by atoms with Crippen LogP contribution in [0.2, 0.25) is 0 Å². The van der Waals surface area contributed by atoms with E-state index < -0.39 is 12.0 Å². The minimum Gasteiger partial charge on any atom is -0.480 e. The largest absolute Gasteiger partial charge is 0.480 e. The number of hydrogen-bond acceptors (Lipinski definition) is 4. The molecule has 0 amide bonds. The highest BCUT2D eigenvalue weighted by molar-refractivity contribution is 5.76. The number of carbonyl (C=O) groups is 1. The number of hydrogen-bond donors (Lipinski definition) is 1. The number of likely N-dealkylation sites (N-methyl/N-ethyl adjacent to an activating group) is 1. The number of carboxylic acid groups (broad SMARTS) is 1. The number of rotatable bonds is 7. The van der Waals surface area contributed by atoms with E-state index in [1.807, 2.05) is 4.90 Å². The minimum absolute atomic E-state index is 0.342. The molecule has 1 aliphatic rings. The van der Waals surface area contributed by atoms with Crippen molar-refractivity contribution in [3.63, 3.8) is 0 Å². The summed E-state index contributed by atoms with van der Waals surface area (Å²) < 4.78 is 18.6. The number of aryl methyl sites for hydroxylation is 1. The van der Waals surface area contributed by atoms with Crippen molar-refractivity contribution in [2.24, 2.45) is 0 Å². The molecule has 0 aliphatic carbocycles. The Kier molecular flexibility index (Phi) is 6.50. The van der Waals surface area contributed by atoms with Crippen LogP contribution in [0.5, 0.6) is 0 Å². The van der Waals surface area contributed by atoms with Crippen LogP contribution in [-0.2, 0) is 9.53 Å². The Labute approximate surface area is 136 Å². The molecule has 1 heterocycles. The lowest BCUT2D eigenvalue weighted by Gasteiger charge is -2.29. The Balaban J connectivity index is 1.95. The molecule has 1 aromatic rings. The molecule has 2 rings (SSSR count). The molecule has 1 saturated heterocycles. The molecule has 5 nitrogen and oxygen atoms in total. The van der Waals surface area contributed by atoms with E-state index in [0.29, 0.717) is 17.7 Å². The standard InChI is InChI=1S/C17H25FN2O3/c1-13-12-14(18)4-5-15(13)16(17(21)22)19(2)6-3-7-20-8-10-23-11-9-20/h4-5,12,16H,3,6-11H2,1-2H3,(H,21,22). The molecular formula is C17H25FN2O3. The molecule has 0 aromatic heterocycles. The molecule has 1 fully saturated rings. The van der Waals surface area contributed by atoms with Gasteiger partial charge in [0.15, 0.2) is 0 Å². The zero-order chi connectivity index (χ0) is 16.8. The van der Waals surface area contributed by atoms with Crippen LogP contribution in [0.3, 0.4) is 0 Å². The molecule has 0 saturated carbocycles. The third-order valence-electron chi connectivity index (χ3n) is 4.29. The van der Waals surface area contributed by atoms with Crippen molar-refractivity contribution in [1.29, 1.82) is 0 Å². The van der Waals surface area contributed by atoms with E-state index in [1.165, 1.54) is 12.1 Å². The van der Waals surface area contributed by atoms with E-state index in [0.717, 1.165) is 39.3 Å². The second kappa shape index (κ2) is 8.38. The van der Waals surface area contributed by atoms with Crippen LogP contribution < -0.4 is 0 Å². The van der Waals surface area contributed by atoms with Gasteiger partial charge < -0.3 is 9.84 Å². The monoisotopic (exact) mass is 324 g/mol. The van der Waals surface area contributed by atoms with Crippen LogP contribution in [0.25, 0.3) is 0 Å². The second-order valence-electron chi connectivity index (χ2n) is 6.03. The number of morpholine rings is 1. The van der Waals surface area contributed by atoms with Crippen LogP contribution >= 0.6 is 0 Å². The Morgan fingerprint density at radius 3 is 2.74 bits per heavy atom. The fourth-order valence-electron chi connectivity index (χ4n) is 3.00. The lowest BCUT2D eigenvalue weighted by atomic mass is 10.00. The number of benzene rings is 1. The molecule has 23 heavy (non-hydrogen) atoms. The number of aliphatic carboxylic acids is 1. The third-order valence-corrected chi connectivity index (χ3v) is 4.29. The molecule has 1 unspecified atom stereocenters. The second-order valence-corrected chi connectivity index (χ2v) is 6.03. The number of carboxylic acids is 1. The average molecular weight is 324 g/mol. The Morgan fingerprint density at radius 1 is 1.43 bits per heavy atom. The summed E-state index contributed by atoms with van der Waals surface area (Å²) in [6, 6.07) is 3.52. The maximum absolute atomic E-state index is 13.2. The van der Waals surface area contributed by atoms with E-state index in [-0.39, 0.29) is 5.82 Å². The van der Waals surface area contributed by atoms with Gasteiger partial charge >= 0.3 is 5.97 Å². The molecular weight excluding hydrogens is 299 g/mol. The maximum Gasteiger partial charge on any atom is 0.325 e. The van der Waals surface area contributed by atoms with Gasteiger partial charge in [-0.1, -0.05) is 6.07 Å². The van der Waals surface area contributed by atoms with Crippen LogP contribution in [0.15, 0.2) is 18.2 Å². The molecule has 128 valence electrons. The normalized spacial score (nSPS) is 17.4. The first-order chi connectivity index (χ1) is 11.0. The van der Waals surface area contributed by atoms with Gasteiger partial charge in [0.2, 0.25) is 0 Å². The van der Waals surface area contributed by atoms with Crippen molar-refractivity contribution in [3.05, 3.63) is 35.1 Å². The first-order valence-electron chi connectivity index (χ1n) is 7.98. The van der Waals surface area contributed by atoms with Gasteiger partial charge in [-0.3, -0.25) is 14.6 Å². The van der Waals surface area contributed by atoms with E-state index in [4.69, 9.17) is 4.74 Å². The summed E-state index contributed by atoms with van der Waals surface area (Å²) in [7, 11) is 1.81. The molecule has 1 aliphatic heterocycles. The van der Waals surface area contributed by atoms with Crippen molar-refractivity contribution in [1.82, 2.24) is 9.80 Å². The summed E-state index contributed by atoms with van der Waals surface area (Å²) in [6.45, 7) is 6.75. The van der Waals surface area contributed by atoms with Gasteiger partial charge in [-0.25, -0.2) is 4.39 Å². The number of halogens is 1. The molecule has 0 spiro atoms. The minimum atomic E-state index is -0.909. The first kappa shape index (κ1) is 17.8. The van der Waals surface area contributed by atoms with Crippen LogP contribution in [0.1, 0.15) is 23.6 Å². The van der Waals surface area contributed by atoms with Gasteiger partial charge in [-0.05, 0) is 50.2 Å². The van der Waals surface area contributed by atoms with Crippen molar-refractivity contribution in [2.45, 2.75) is 19.4 Å². The van der Waals surface area contributed by atoms with Gasteiger partial charge in [0, 0.05) is 19.6 Å². The van der Waals surface area contributed by atoms with Crippen molar-refractivity contribution in [2.75, 3.05) is 46.4 Å². The predicted molar refractivity (Wildman–Crippen MR) is 86.0 cm³/mol. The fourth-order valence-corrected chi connectivity index (χ4v) is 3.00. The van der Waals surface area contributed by atoms with Crippen LogP contribution in [-0.4, -0.2) is 67.3 Å². The summed E-state index contributed by atoms with van der Waals surface area (Å²) in [4.78, 5) is 15.8. The molecule has 1 N–H and O–H groups in total. The van der Waals surface area contributed by atoms with Gasteiger partial charge in [0.25, 0.3) is 0 Å². The number of ether oxygens (including phenoxy) is 1. The molecule has 1 atom stereocenters. The topological polar surface area (TPSA) is 53.0 Å². The Morgan fingerprint density at radius 2 is 2.13 bits per heavy atom. The summed E-state index contributed by atoms with van der Waals surface area (Å²) >= 11 is 0. The summed E-state index contributed by atoms with van der Waals surface area (Å²) in [5.41, 5.74) is 1.31. The van der Waals surface area contributed by atoms with Gasteiger partial charge in [-0.2, -0.15) is 0 Å². The zero-order valence-electron chi connectivity index (χ0n) is 13.8. The third kappa shape index (κ3) is 4.99. The molecule has 1 aromatic carbocycles. The van der Waals surface area contributed by atoms with Crippen LogP contribution in [0, 0.1) is 12.7 Å². The lowest BCUT2D eigenvalue weighted by molar-refractivity contribution is -0.143. The summed E-state index contributed by atoms with van der Waals surface area (Å²) in [6.07, 6.45) is 0.889. The average Bonchev–Trinajstić information content (AvgIpc) is 2.50. The zero-order valence-corrected chi connectivity index (χ0v) is 13.8. The first-order valence-corrected chi connectivity index (χ1v) is 7.98. The van der Waals surface area contributed by atoms with E-state index >= 15 is 0 Å². The maximum atomic E-state index is 13.2. The smallest absolute Gasteiger partial charge is 0.325 e. The Hall–Kier alpha value is -1.50. The highest BCUT2D eigenvalue weighted by Crippen LogP contribution is 2.24. The quantitative estimate of drug-likeness (QED) is 0.830. The van der Waals surface area contributed by atoms with E-state index in [9.17, 15) is 14.3 Å². The van der Waals surface area contributed by atoms with Gasteiger partial charge in [-0.15, -0.1) is 0 Å². The molecule has 0 bridgehead atoms. The summed E-state index contributed by atoms with van der Waals surface area (Å²) in [5, 5.41) is 9.58. The van der Waals surface area contributed by atoms with Gasteiger partial charge in [0.1, 0.15) is 11.9 Å². The molecule has 6 heteroatoms. The van der Waals surface area contributed by atoms with Crippen molar-refractivity contribution >= 4 is 5.97 Å². The Bertz CT molecular complexity index is 533. The van der Waals surface area contributed by atoms with Gasteiger partial charge in [0.05, 0.1) is 13.2 Å². The SMILES string of the molecule is Cc1cc(F)ccc1C(C(=O)O)N(C)CCCN1CCOCC1. The fraction of sp³-hybridized carbons (Fsp3) is 0.588. The highest BCUT2D eigenvalue weighted by atomic mass is 19.1. The molecule has 0 radical (unpaired) electrons. The van der Waals surface area contributed by atoms with Crippen molar-refractivity contribution in [3.8, 4) is 0 Å². The number of nitrogens with zero attached hydrogens (tertiary/aromatic N) is 2. The van der Waals surface area contributed by atoms with Crippen molar-refractivity contribution < 1.29 is 19.0 Å². The highest BCUT2D eigenvalue weighted by Gasteiger charge is 2.26. The lowest BCUT2D eigenvalue weighted by Crippen LogP contribution is -2.39. The van der Waals surface area contributed by atoms with E-state index in [2.05, 4.69) is 4.90 Å². The predicted octanol–water partition coefficient (Wildman–Crippen LogP) is 1.91. The summed E-state index contributed by atoms with van der Waals surface area (Å²) in [5.74, 6) is -1.25. The van der Waals surface area contributed by atoms with E-state index in [1.54, 1.807) is 20.0 Å². The van der Waals surface area contributed by atoms with Crippen LogP contribution in [0.4, 0.5) is 4.39 Å².